The molecule has 5 nitrogen and oxygen atoms in total. The van der Waals surface area contributed by atoms with Crippen LogP contribution in [0.2, 0.25) is 0 Å². The minimum Gasteiger partial charge on any atom is -0.254 e. The average molecular weight is 199 g/mol. The van der Waals surface area contributed by atoms with Gasteiger partial charge in [0.1, 0.15) is 0 Å². The van der Waals surface area contributed by atoms with Gasteiger partial charge in [-0.15, -0.1) is 4.83 Å². The molecule has 1 aliphatic heterocycles. The highest BCUT2D eigenvalue weighted by atomic mass is 32.2. The maximum absolute atomic E-state index is 11.5. The standard InChI is InChI=1S/C7H9N3O2S/c8-10-5-6-3-1-2-4-7(6)13(11,12)9-10/h1-4,9H,5,8H2. The van der Waals surface area contributed by atoms with Crippen LogP contribution in [0.5, 0.6) is 0 Å². The summed E-state index contributed by atoms with van der Waals surface area (Å²) < 4.78 is 22.9. The number of sulfonamides is 1. The second-order valence-corrected chi connectivity index (χ2v) is 4.46. The molecule has 0 unspecified atom stereocenters. The zero-order valence-electron chi connectivity index (χ0n) is 6.77. The fourth-order valence-corrected chi connectivity index (χ4v) is 2.52. The molecular weight excluding hydrogens is 190 g/mol. The number of hydrogen-bond donors (Lipinski definition) is 2. The van der Waals surface area contributed by atoms with Gasteiger partial charge >= 0.3 is 0 Å². The van der Waals surface area contributed by atoms with E-state index in [0.717, 1.165) is 5.12 Å². The molecule has 3 N–H and O–H groups in total. The van der Waals surface area contributed by atoms with Gasteiger partial charge in [0, 0.05) is 0 Å². The lowest BCUT2D eigenvalue weighted by atomic mass is 10.2. The van der Waals surface area contributed by atoms with Crippen LogP contribution >= 0.6 is 0 Å². The highest BCUT2D eigenvalue weighted by Crippen LogP contribution is 2.19. The topological polar surface area (TPSA) is 75.4 Å². The molecule has 0 aliphatic carbocycles. The summed E-state index contributed by atoms with van der Waals surface area (Å²) in [6.45, 7) is 0.384. The zero-order valence-corrected chi connectivity index (χ0v) is 7.58. The molecule has 0 radical (unpaired) electrons. The first-order chi connectivity index (χ1) is 6.09. The summed E-state index contributed by atoms with van der Waals surface area (Å²) in [5.74, 6) is 5.37. The first-order valence-electron chi connectivity index (χ1n) is 3.72. The second kappa shape index (κ2) is 2.78. The third kappa shape index (κ3) is 1.44. The second-order valence-electron chi connectivity index (χ2n) is 2.83. The minimum absolute atomic E-state index is 0.303. The van der Waals surface area contributed by atoms with Gasteiger partial charge in [-0.3, -0.25) is 5.84 Å². The van der Waals surface area contributed by atoms with Crippen LogP contribution in [-0.4, -0.2) is 13.5 Å². The van der Waals surface area contributed by atoms with Gasteiger partial charge in [-0.2, -0.15) is 5.12 Å². The van der Waals surface area contributed by atoms with E-state index in [0.29, 0.717) is 17.0 Å². The maximum atomic E-state index is 11.5. The van der Waals surface area contributed by atoms with Crippen molar-refractivity contribution in [3.05, 3.63) is 29.8 Å². The predicted molar refractivity (Wildman–Crippen MR) is 46.5 cm³/mol. The number of fused-ring (bicyclic) bond motifs is 1. The zero-order chi connectivity index (χ0) is 9.47. The van der Waals surface area contributed by atoms with Crippen LogP contribution in [0.15, 0.2) is 29.2 Å². The van der Waals surface area contributed by atoms with Gasteiger partial charge in [0.25, 0.3) is 10.0 Å². The van der Waals surface area contributed by atoms with E-state index in [4.69, 9.17) is 5.84 Å². The lowest BCUT2D eigenvalue weighted by Gasteiger charge is -2.24. The molecule has 6 heteroatoms. The molecule has 0 saturated heterocycles. The quantitative estimate of drug-likeness (QED) is 0.556. The summed E-state index contributed by atoms with van der Waals surface area (Å²) in [5, 5.41) is 1.05. The lowest BCUT2D eigenvalue weighted by Crippen LogP contribution is -2.49. The van der Waals surface area contributed by atoms with Gasteiger partial charge < -0.3 is 0 Å². The SMILES string of the molecule is NN1Cc2ccccc2S(=O)(=O)N1. The molecule has 0 fully saturated rings. The Morgan fingerprint density at radius 3 is 2.85 bits per heavy atom. The highest BCUT2D eigenvalue weighted by Gasteiger charge is 2.25. The van der Waals surface area contributed by atoms with Crippen molar-refractivity contribution in [3.63, 3.8) is 0 Å². The predicted octanol–water partition coefficient (Wildman–Crippen LogP) is -0.431. The van der Waals surface area contributed by atoms with Gasteiger partial charge in [-0.05, 0) is 11.6 Å². The number of nitrogens with two attached hydrogens (primary N) is 1. The Morgan fingerprint density at radius 2 is 2.08 bits per heavy atom. The van der Waals surface area contributed by atoms with Crippen molar-refractivity contribution in [2.75, 3.05) is 0 Å². The van der Waals surface area contributed by atoms with Crippen LogP contribution in [0.25, 0.3) is 0 Å². The molecule has 1 aromatic rings. The van der Waals surface area contributed by atoms with E-state index >= 15 is 0 Å². The summed E-state index contributed by atoms with van der Waals surface area (Å²) in [6, 6.07) is 6.77. The van der Waals surface area contributed by atoms with Crippen LogP contribution < -0.4 is 10.7 Å². The molecule has 0 amide bonds. The molecule has 0 aromatic heterocycles. The van der Waals surface area contributed by atoms with Gasteiger partial charge in [0.15, 0.2) is 0 Å². The minimum atomic E-state index is -3.44. The first kappa shape index (κ1) is 8.64. The Labute approximate surface area is 76.1 Å². The molecule has 1 aromatic carbocycles. The largest absolute Gasteiger partial charge is 0.254 e. The van der Waals surface area contributed by atoms with E-state index < -0.39 is 10.0 Å². The van der Waals surface area contributed by atoms with Crippen LogP contribution in [0.3, 0.4) is 0 Å². The molecule has 1 aliphatic rings. The molecule has 1 heterocycles. The number of hydrogen-bond acceptors (Lipinski definition) is 4. The summed E-state index contributed by atoms with van der Waals surface area (Å²) in [6.07, 6.45) is 0. The summed E-state index contributed by atoms with van der Waals surface area (Å²) in [5.41, 5.74) is 0.712. The van der Waals surface area contributed by atoms with Crippen molar-refractivity contribution < 1.29 is 8.42 Å². The maximum Gasteiger partial charge on any atom is 0.254 e. The van der Waals surface area contributed by atoms with Crippen molar-refractivity contribution in [2.24, 2.45) is 5.84 Å². The number of nitrogens with one attached hydrogen (secondary N) is 1. The molecular formula is C7H9N3O2S. The van der Waals surface area contributed by atoms with E-state index in [1.165, 1.54) is 0 Å². The Bertz CT molecular complexity index is 429. The van der Waals surface area contributed by atoms with Crippen LogP contribution in [0, 0.1) is 0 Å². The Balaban J connectivity index is 2.63. The smallest absolute Gasteiger partial charge is 0.254 e. The molecule has 70 valence electrons. The number of rotatable bonds is 0. The molecule has 0 saturated carbocycles. The van der Waals surface area contributed by atoms with Gasteiger partial charge in [0.05, 0.1) is 11.4 Å². The normalized spacial score (nSPS) is 21.0. The molecule has 0 spiro atoms. The Hall–Kier alpha value is -0.950. The number of nitrogens with zero attached hydrogens (tertiary/aromatic N) is 1. The van der Waals surface area contributed by atoms with Crippen molar-refractivity contribution in [1.82, 2.24) is 9.95 Å². The van der Waals surface area contributed by atoms with E-state index in [1.54, 1.807) is 24.3 Å². The van der Waals surface area contributed by atoms with Crippen LogP contribution in [0.1, 0.15) is 5.56 Å². The summed E-state index contributed by atoms with van der Waals surface area (Å²) >= 11 is 0. The summed E-state index contributed by atoms with van der Waals surface area (Å²) in [4.78, 5) is 2.50. The summed E-state index contributed by atoms with van der Waals surface area (Å²) in [7, 11) is -3.44. The van der Waals surface area contributed by atoms with E-state index in [9.17, 15) is 8.42 Å². The van der Waals surface area contributed by atoms with E-state index in [1.807, 2.05) is 0 Å². The third-order valence-electron chi connectivity index (χ3n) is 1.84. The highest BCUT2D eigenvalue weighted by molar-refractivity contribution is 7.89. The molecule has 0 bridgehead atoms. The van der Waals surface area contributed by atoms with Crippen LogP contribution in [0.4, 0.5) is 0 Å². The fourth-order valence-electron chi connectivity index (χ4n) is 1.32. The van der Waals surface area contributed by atoms with E-state index in [-0.39, 0.29) is 0 Å². The molecule has 2 rings (SSSR count). The van der Waals surface area contributed by atoms with Gasteiger partial charge in [-0.25, -0.2) is 8.42 Å². The van der Waals surface area contributed by atoms with E-state index in [2.05, 4.69) is 4.83 Å². The number of hydrazine groups is 2. The Morgan fingerprint density at radius 1 is 1.38 bits per heavy atom. The van der Waals surface area contributed by atoms with Crippen molar-refractivity contribution in [2.45, 2.75) is 11.4 Å². The van der Waals surface area contributed by atoms with Crippen molar-refractivity contribution in [1.29, 1.82) is 0 Å². The first-order valence-corrected chi connectivity index (χ1v) is 5.20. The number of benzene rings is 1. The van der Waals surface area contributed by atoms with Crippen molar-refractivity contribution >= 4 is 10.0 Å². The molecule has 0 atom stereocenters. The molecule has 13 heavy (non-hydrogen) atoms. The van der Waals surface area contributed by atoms with Crippen LogP contribution in [-0.2, 0) is 16.6 Å². The fraction of sp³-hybridized carbons (Fsp3) is 0.143. The lowest BCUT2D eigenvalue weighted by molar-refractivity contribution is 0.228. The third-order valence-corrected chi connectivity index (χ3v) is 3.29. The Kier molecular flexibility index (Phi) is 1.85. The van der Waals surface area contributed by atoms with Gasteiger partial charge in [-0.1, -0.05) is 18.2 Å². The van der Waals surface area contributed by atoms with Crippen molar-refractivity contribution in [3.8, 4) is 0 Å². The monoisotopic (exact) mass is 199 g/mol. The van der Waals surface area contributed by atoms with Gasteiger partial charge in [0.2, 0.25) is 0 Å². The average Bonchev–Trinajstić information content (AvgIpc) is 2.02.